The number of halogens is 1. The average molecular weight is 198 g/mol. The zero-order chi connectivity index (χ0) is 5.11. The molecule has 0 aromatic heterocycles. The molecular weight excluding hydrogens is 194 g/mol. The first-order valence-corrected chi connectivity index (χ1v) is 2.01. The summed E-state index contributed by atoms with van der Waals surface area (Å²) in [5.41, 5.74) is 0. The molecule has 1 rings (SSSR count). The van der Waals surface area contributed by atoms with Gasteiger partial charge in [-0.25, -0.2) is 0 Å². The minimum absolute atomic E-state index is 0. The van der Waals surface area contributed by atoms with Crippen molar-refractivity contribution in [1.29, 1.82) is 0 Å². The van der Waals surface area contributed by atoms with Crippen LogP contribution in [-0.4, -0.2) is 0 Å². The molecule has 0 saturated heterocycles. The van der Waals surface area contributed by atoms with Gasteiger partial charge in [0.2, 0.25) is 0 Å². The second kappa shape index (κ2) is 3.74. The molecule has 0 nitrogen and oxygen atoms in total. The van der Waals surface area contributed by atoms with Crippen LogP contribution >= 0.6 is 0 Å². The summed E-state index contributed by atoms with van der Waals surface area (Å²) in [5, 5.41) is 0. The Morgan fingerprint density at radius 3 is 2.50 bits per heavy atom. The van der Waals surface area contributed by atoms with Crippen LogP contribution < -0.4 is 0 Å². The first-order valence-electron chi connectivity index (χ1n) is 2.01. The molecule has 1 aromatic carbocycles. The SMILES string of the molecule is Fc1c[c-]ccc1.[Rh]. The van der Waals surface area contributed by atoms with Crippen LogP contribution in [0.5, 0.6) is 0 Å². The van der Waals surface area contributed by atoms with Crippen LogP contribution in [0.4, 0.5) is 4.39 Å². The molecule has 1 aromatic rings. The van der Waals surface area contributed by atoms with Gasteiger partial charge in [0.15, 0.2) is 0 Å². The summed E-state index contributed by atoms with van der Waals surface area (Å²) in [6.07, 6.45) is 0. The van der Waals surface area contributed by atoms with Gasteiger partial charge in [-0.15, -0.1) is 12.1 Å². The fourth-order valence-corrected chi connectivity index (χ4v) is 0.371. The smallest absolute Gasteiger partial charge is 0.00871 e. The predicted octanol–water partition coefficient (Wildman–Crippen LogP) is 1.62. The molecule has 2 heteroatoms. The molecule has 0 fully saturated rings. The van der Waals surface area contributed by atoms with Crippen LogP contribution in [-0.2, 0) is 19.5 Å². The summed E-state index contributed by atoms with van der Waals surface area (Å²) in [7, 11) is 0. The van der Waals surface area contributed by atoms with Crippen molar-refractivity contribution < 1.29 is 23.9 Å². The number of hydrogen-bond acceptors (Lipinski definition) is 0. The van der Waals surface area contributed by atoms with Gasteiger partial charge in [0.25, 0.3) is 0 Å². The fourth-order valence-electron chi connectivity index (χ4n) is 0.371. The third kappa shape index (κ3) is 2.18. The van der Waals surface area contributed by atoms with Crippen molar-refractivity contribution in [1.82, 2.24) is 0 Å². The molecule has 0 bridgehead atoms. The predicted molar refractivity (Wildman–Crippen MR) is 25.2 cm³/mol. The quantitative estimate of drug-likeness (QED) is 0.439. The van der Waals surface area contributed by atoms with E-state index in [-0.39, 0.29) is 25.3 Å². The van der Waals surface area contributed by atoms with E-state index >= 15 is 0 Å². The molecule has 0 spiro atoms. The standard InChI is InChI=1S/C6H4F.Rh/c7-6-4-2-1-3-5-6;/h1-2,4-5H;/q-1;. The summed E-state index contributed by atoms with van der Waals surface area (Å²) >= 11 is 0. The number of hydrogen-bond donors (Lipinski definition) is 0. The molecule has 1 radical (unpaired) electrons. The van der Waals surface area contributed by atoms with Crippen LogP contribution in [0.1, 0.15) is 0 Å². The molecule has 0 atom stereocenters. The monoisotopic (exact) mass is 198 g/mol. The summed E-state index contributed by atoms with van der Waals surface area (Å²) in [6, 6.07) is 8.53. The van der Waals surface area contributed by atoms with Gasteiger partial charge in [-0.1, -0.05) is 0 Å². The Balaban J connectivity index is 0.000000490. The molecule has 0 aliphatic carbocycles. The number of benzene rings is 1. The maximum absolute atomic E-state index is 11.9. The van der Waals surface area contributed by atoms with E-state index in [1.165, 1.54) is 12.1 Å². The van der Waals surface area contributed by atoms with Crippen molar-refractivity contribution in [3.05, 3.63) is 36.1 Å². The maximum Gasteiger partial charge on any atom is 0.00871 e. The average Bonchev–Trinajstić information content (AvgIpc) is 1.69. The molecule has 0 aliphatic heterocycles. The normalized spacial score (nSPS) is 7.62. The molecule has 0 amide bonds. The van der Waals surface area contributed by atoms with E-state index in [1.807, 2.05) is 0 Å². The fraction of sp³-hybridized carbons (Fsp3) is 0. The zero-order valence-corrected chi connectivity index (χ0v) is 5.66. The van der Waals surface area contributed by atoms with Crippen molar-refractivity contribution in [2.24, 2.45) is 0 Å². The van der Waals surface area contributed by atoms with Crippen molar-refractivity contribution in [2.75, 3.05) is 0 Å². The Hall–Kier alpha value is -0.227. The number of rotatable bonds is 0. The summed E-state index contributed by atoms with van der Waals surface area (Å²) in [5.74, 6) is -0.234. The Kier molecular flexibility index (Phi) is 3.63. The third-order valence-electron chi connectivity index (χ3n) is 0.669. The van der Waals surface area contributed by atoms with E-state index in [1.54, 1.807) is 12.1 Å². The van der Waals surface area contributed by atoms with Gasteiger partial charge in [0.1, 0.15) is 0 Å². The van der Waals surface area contributed by atoms with Gasteiger partial charge >= 0.3 is 0 Å². The van der Waals surface area contributed by atoms with Crippen LogP contribution in [0.3, 0.4) is 0 Å². The van der Waals surface area contributed by atoms with Gasteiger partial charge in [-0.2, -0.15) is 18.2 Å². The first-order chi connectivity index (χ1) is 3.39. The van der Waals surface area contributed by atoms with Gasteiger partial charge in [0, 0.05) is 25.3 Å². The molecule has 45 valence electrons. The van der Waals surface area contributed by atoms with E-state index in [4.69, 9.17) is 0 Å². The van der Waals surface area contributed by atoms with E-state index in [9.17, 15) is 4.39 Å². The van der Waals surface area contributed by atoms with Crippen molar-refractivity contribution in [2.45, 2.75) is 0 Å². The molecule has 0 heterocycles. The Bertz CT molecular complexity index is 138. The Morgan fingerprint density at radius 2 is 2.25 bits per heavy atom. The first kappa shape index (κ1) is 7.77. The van der Waals surface area contributed by atoms with E-state index in [0.29, 0.717) is 0 Å². The van der Waals surface area contributed by atoms with Crippen LogP contribution in [0.2, 0.25) is 0 Å². The minimum atomic E-state index is -0.234. The second-order valence-electron chi connectivity index (χ2n) is 1.22. The third-order valence-corrected chi connectivity index (χ3v) is 0.669. The van der Waals surface area contributed by atoms with Gasteiger partial charge < -0.3 is 0 Å². The zero-order valence-electron chi connectivity index (χ0n) is 4.02. The Labute approximate surface area is 60.5 Å². The second-order valence-corrected chi connectivity index (χ2v) is 1.22. The van der Waals surface area contributed by atoms with E-state index < -0.39 is 0 Å². The molecule has 0 N–H and O–H groups in total. The van der Waals surface area contributed by atoms with Crippen molar-refractivity contribution >= 4 is 0 Å². The maximum atomic E-state index is 11.9. The largest absolute Gasteiger partial charge is 0.284 e. The Morgan fingerprint density at radius 1 is 1.50 bits per heavy atom. The molecule has 0 saturated carbocycles. The van der Waals surface area contributed by atoms with Crippen LogP contribution in [0.25, 0.3) is 0 Å². The summed E-state index contributed by atoms with van der Waals surface area (Å²) in [4.78, 5) is 0. The van der Waals surface area contributed by atoms with Gasteiger partial charge in [-0.05, 0) is 0 Å². The van der Waals surface area contributed by atoms with E-state index in [0.717, 1.165) is 0 Å². The summed E-state index contributed by atoms with van der Waals surface area (Å²) < 4.78 is 11.9. The van der Waals surface area contributed by atoms with Gasteiger partial charge in [0.05, 0.1) is 0 Å². The van der Waals surface area contributed by atoms with Crippen molar-refractivity contribution in [3.63, 3.8) is 0 Å². The van der Waals surface area contributed by atoms with Crippen LogP contribution in [0, 0.1) is 11.9 Å². The van der Waals surface area contributed by atoms with Gasteiger partial charge in [-0.3, -0.25) is 4.39 Å². The van der Waals surface area contributed by atoms with E-state index in [2.05, 4.69) is 6.07 Å². The minimum Gasteiger partial charge on any atom is -0.284 e. The molecule has 8 heavy (non-hydrogen) atoms. The van der Waals surface area contributed by atoms with Crippen LogP contribution in [0.15, 0.2) is 24.3 Å². The summed E-state index contributed by atoms with van der Waals surface area (Å²) in [6.45, 7) is 0. The topological polar surface area (TPSA) is 0 Å². The molecule has 0 aliphatic rings. The molecule has 0 unspecified atom stereocenters. The van der Waals surface area contributed by atoms with Crippen molar-refractivity contribution in [3.8, 4) is 0 Å². The molecular formula is C6H4FRh-.